The van der Waals surface area contributed by atoms with Gasteiger partial charge in [0, 0.05) is 11.0 Å². The van der Waals surface area contributed by atoms with Gasteiger partial charge in [-0.3, -0.25) is 0 Å². The average Bonchev–Trinajstić information content (AvgIpc) is 2.66. The average molecular weight is 358 g/mol. The van der Waals surface area contributed by atoms with E-state index in [1.807, 2.05) is 6.92 Å². The minimum Gasteiger partial charge on any atom is -0.326 e. The van der Waals surface area contributed by atoms with Crippen LogP contribution in [0.3, 0.4) is 0 Å². The summed E-state index contributed by atoms with van der Waals surface area (Å²) in [6, 6.07) is 6.23. The van der Waals surface area contributed by atoms with E-state index in [1.54, 1.807) is 0 Å². The largest absolute Gasteiger partial charge is 0.326 e. The molecule has 1 aromatic carbocycles. The molecule has 0 aliphatic heterocycles. The summed E-state index contributed by atoms with van der Waals surface area (Å²) in [5.74, 6) is 1.49. The maximum atomic E-state index is 6.32. The molecule has 0 saturated carbocycles. The Balaban J connectivity index is 2.52. The van der Waals surface area contributed by atoms with Crippen molar-refractivity contribution in [3.63, 3.8) is 0 Å². The molecule has 0 spiro atoms. The van der Waals surface area contributed by atoms with Gasteiger partial charge in [0.1, 0.15) is 5.82 Å². The van der Waals surface area contributed by atoms with E-state index in [0.29, 0.717) is 5.92 Å². The Morgan fingerprint density at radius 1 is 1.30 bits per heavy atom. The molecule has 2 nitrogen and oxygen atoms in total. The van der Waals surface area contributed by atoms with Crippen molar-refractivity contribution < 1.29 is 0 Å². The third-order valence-corrected chi connectivity index (χ3v) is 4.72. The van der Waals surface area contributed by atoms with Crippen molar-refractivity contribution in [1.82, 2.24) is 9.55 Å². The van der Waals surface area contributed by atoms with E-state index in [2.05, 4.69) is 66.4 Å². The topological polar surface area (TPSA) is 17.8 Å². The van der Waals surface area contributed by atoms with Gasteiger partial charge in [-0.25, -0.2) is 4.98 Å². The van der Waals surface area contributed by atoms with Crippen LogP contribution in [0.5, 0.6) is 0 Å². The number of aromatic nitrogens is 2. The Kier molecular flexibility index (Phi) is 4.50. The summed E-state index contributed by atoms with van der Waals surface area (Å²) < 4.78 is 3.32. The minimum absolute atomic E-state index is 0.0895. The predicted octanol–water partition coefficient (Wildman–Crippen LogP) is 5.78. The Labute approximate surface area is 134 Å². The molecule has 110 valence electrons. The van der Waals surface area contributed by atoms with Crippen molar-refractivity contribution in [3.05, 3.63) is 28.5 Å². The molecule has 1 aromatic heterocycles. The number of nitrogens with zero attached hydrogens (tertiary/aromatic N) is 2. The second-order valence-electron chi connectivity index (χ2n) is 6.60. The summed E-state index contributed by atoms with van der Waals surface area (Å²) >= 11 is 9.83. The van der Waals surface area contributed by atoms with E-state index in [-0.39, 0.29) is 10.8 Å². The van der Waals surface area contributed by atoms with Crippen LogP contribution in [-0.4, -0.2) is 9.55 Å². The maximum absolute atomic E-state index is 6.32. The molecule has 0 aliphatic carbocycles. The Morgan fingerprint density at radius 2 is 1.95 bits per heavy atom. The molecule has 2 unspecified atom stereocenters. The molecule has 4 heteroatoms. The van der Waals surface area contributed by atoms with Crippen LogP contribution in [0, 0.1) is 11.3 Å². The Hall–Kier alpha value is -0.540. The standard InChI is InChI=1S/C16H22BrClN2/c1-10(16(3,4)5)9-20-14-7-6-12(17)8-13(14)19-15(20)11(2)18/h6-8,10-11H,9H2,1-5H3. The lowest BCUT2D eigenvalue weighted by atomic mass is 9.82. The lowest BCUT2D eigenvalue weighted by Gasteiger charge is -2.28. The fraction of sp³-hybridized carbons (Fsp3) is 0.562. The summed E-state index contributed by atoms with van der Waals surface area (Å²) in [6.45, 7) is 12.0. The number of hydrogen-bond donors (Lipinski definition) is 0. The zero-order valence-electron chi connectivity index (χ0n) is 12.7. The van der Waals surface area contributed by atoms with Gasteiger partial charge in [-0.15, -0.1) is 11.6 Å². The summed E-state index contributed by atoms with van der Waals surface area (Å²) in [5, 5.41) is -0.0895. The van der Waals surface area contributed by atoms with Crippen LogP contribution in [0.2, 0.25) is 0 Å². The molecule has 2 aromatic rings. The molecular formula is C16H22BrClN2. The van der Waals surface area contributed by atoms with Gasteiger partial charge < -0.3 is 4.57 Å². The number of alkyl halides is 1. The smallest absolute Gasteiger partial charge is 0.127 e. The highest BCUT2D eigenvalue weighted by Crippen LogP contribution is 2.32. The Bertz CT molecular complexity index is 611. The molecule has 0 saturated heterocycles. The zero-order chi connectivity index (χ0) is 15.1. The van der Waals surface area contributed by atoms with E-state index in [4.69, 9.17) is 16.6 Å². The molecule has 0 fully saturated rings. The number of hydrogen-bond acceptors (Lipinski definition) is 1. The van der Waals surface area contributed by atoms with Crippen LogP contribution in [0.15, 0.2) is 22.7 Å². The predicted molar refractivity (Wildman–Crippen MR) is 90.3 cm³/mol. The fourth-order valence-electron chi connectivity index (χ4n) is 2.16. The van der Waals surface area contributed by atoms with Gasteiger partial charge >= 0.3 is 0 Å². The number of benzene rings is 1. The minimum atomic E-state index is -0.0895. The number of rotatable bonds is 3. The molecule has 2 atom stereocenters. The second kappa shape index (κ2) is 5.69. The van der Waals surface area contributed by atoms with Crippen molar-refractivity contribution in [3.8, 4) is 0 Å². The van der Waals surface area contributed by atoms with Crippen LogP contribution in [-0.2, 0) is 6.54 Å². The van der Waals surface area contributed by atoms with Gasteiger partial charge in [0.2, 0.25) is 0 Å². The van der Waals surface area contributed by atoms with Gasteiger partial charge in [0.05, 0.1) is 16.4 Å². The summed E-state index contributed by atoms with van der Waals surface area (Å²) in [4.78, 5) is 4.71. The lowest BCUT2D eigenvalue weighted by molar-refractivity contribution is 0.233. The van der Waals surface area contributed by atoms with Gasteiger partial charge in [-0.2, -0.15) is 0 Å². The van der Waals surface area contributed by atoms with Crippen LogP contribution < -0.4 is 0 Å². The molecule has 1 heterocycles. The van der Waals surface area contributed by atoms with Crippen molar-refractivity contribution in [2.24, 2.45) is 11.3 Å². The summed E-state index contributed by atoms with van der Waals surface area (Å²) in [5.41, 5.74) is 2.42. The molecule has 0 aliphatic rings. The first kappa shape index (κ1) is 15.8. The summed E-state index contributed by atoms with van der Waals surface area (Å²) in [6.07, 6.45) is 0. The molecule has 2 rings (SSSR count). The van der Waals surface area contributed by atoms with Gasteiger partial charge in [0.15, 0.2) is 0 Å². The van der Waals surface area contributed by atoms with E-state index >= 15 is 0 Å². The van der Waals surface area contributed by atoms with Gasteiger partial charge in [-0.1, -0.05) is 43.6 Å². The lowest BCUT2D eigenvalue weighted by Crippen LogP contribution is -2.23. The molecule has 20 heavy (non-hydrogen) atoms. The molecular weight excluding hydrogens is 336 g/mol. The van der Waals surface area contributed by atoms with Crippen molar-refractivity contribution >= 4 is 38.6 Å². The first-order valence-corrected chi connectivity index (χ1v) is 8.23. The van der Waals surface area contributed by atoms with E-state index < -0.39 is 0 Å². The third-order valence-electron chi connectivity index (χ3n) is 4.03. The fourth-order valence-corrected chi connectivity index (χ4v) is 2.68. The van der Waals surface area contributed by atoms with Crippen LogP contribution in [0.25, 0.3) is 11.0 Å². The van der Waals surface area contributed by atoms with Gasteiger partial charge in [0.25, 0.3) is 0 Å². The molecule has 0 N–H and O–H groups in total. The first-order valence-electron chi connectivity index (χ1n) is 7.00. The number of fused-ring (bicyclic) bond motifs is 1. The highest BCUT2D eigenvalue weighted by molar-refractivity contribution is 9.10. The highest BCUT2D eigenvalue weighted by atomic mass is 79.9. The van der Waals surface area contributed by atoms with E-state index in [9.17, 15) is 0 Å². The van der Waals surface area contributed by atoms with Crippen LogP contribution in [0.4, 0.5) is 0 Å². The third kappa shape index (κ3) is 3.20. The quantitative estimate of drug-likeness (QED) is 0.636. The van der Waals surface area contributed by atoms with Crippen molar-refractivity contribution in [2.75, 3.05) is 0 Å². The van der Waals surface area contributed by atoms with Crippen LogP contribution in [0.1, 0.15) is 45.8 Å². The number of halogens is 2. The normalized spacial score (nSPS) is 15.6. The SMILES string of the molecule is CC(Cl)c1nc2cc(Br)ccc2n1CC(C)C(C)(C)C. The second-order valence-corrected chi connectivity index (χ2v) is 8.17. The molecule has 0 radical (unpaired) electrons. The van der Waals surface area contributed by atoms with E-state index in [1.165, 1.54) is 0 Å². The summed E-state index contributed by atoms with van der Waals surface area (Å²) in [7, 11) is 0. The molecule has 0 bridgehead atoms. The van der Waals surface area contributed by atoms with Crippen LogP contribution >= 0.6 is 27.5 Å². The van der Waals surface area contributed by atoms with Crippen molar-refractivity contribution in [1.29, 1.82) is 0 Å². The Morgan fingerprint density at radius 3 is 2.50 bits per heavy atom. The van der Waals surface area contributed by atoms with Crippen molar-refractivity contribution in [2.45, 2.75) is 46.5 Å². The van der Waals surface area contributed by atoms with Gasteiger partial charge in [-0.05, 0) is 36.5 Å². The maximum Gasteiger partial charge on any atom is 0.127 e. The number of imidazole rings is 1. The highest BCUT2D eigenvalue weighted by Gasteiger charge is 2.23. The monoisotopic (exact) mass is 356 g/mol. The van der Waals surface area contributed by atoms with E-state index in [0.717, 1.165) is 27.9 Å². The first-order chi connectivity index (χ1) is 9.20. The zero-order valence-corrected chi connectivity index (χ0v) is 15.1. The molecule has 0 amide bonds.